The Bertz CT molecular complexity index is 1240. The van der Waals surface area contributed by atoms with Gasteiger partial charge in [0.05, 0.1) is 12.0 Å². The molecule has 0 atom stereocenters. The van der Waals surface area contributed by atoms with Crippen molar-refractivity contribution in [1.82, 2.24) is 10.9 Å². The maximum absolute atomic E-state index is 12.7. The molecule has 0 saturated heterocycles. The molecule has 6 nitrogen and oxygen atoms in total. The first kappa shape index (κ1) is 21.9. The van der Waals surface area contributed by atoms with Crippen molar-refractivity contribution in [2.45, 2.75) is 6.42 Å². The summed E-state index contributed by atoms with van der Waals surface area (Å²) < 4.78 is 11.3. The van der Waals surface area contributed by atoms with E-state index in [1.54, 1.807) is 24.3 Å². The molecule has 0 fully saturated rings. The van der Waals surface area contributed by atoms with Gasteiger partial charge in [-0.1, -0.05) is 72.8 Å². The van der Waals surface area contributed by atoms with Gasteiger partial charge in [-0.2, -0.15) is 0 Å². The zero-order chi connectivity index (χ0) is 22.9. The number of nitrogens with one attached hydrogen (secondary N) is 2. The van der Waals surface area contributed by atoms with E-state index in [2.05, 4.69) is 10.9 Å². The Kier molecular flexibility index (Phi) is 7.18. The first-order valence-corrected chi connectivity index (χ1v) is 10.7. The van der Waals surface area contributed by atoms with Gasteiger partial charge in [0.2, 0.25) is 5.91 Å². The van der Waals surface area contributed by atoms with E-state index in [1.165, 1.54) is 0 Å². The quantitative estimate of drug-likeness (QED) is 0.316. The number of carbonyl (C=O) groups excluding carboxylic acids is 2. The molecule has 0 heterocycles. The van der Waals surface area contributed by atoms with Crippen LogP contribution < -0.4 is 20.3 Å². The molecular formula is C27H24N2O4. The Morgan fingerprint density at radius 2 is 1.36 bits per heavy atom. The van der Waals surface area contributed by atoms with Crippen LogP contribution in [-0.4, -0.2) is 25.0 Å². The van der Waals surface area contributed by atoms with Crippen molar-refractivity contribution in [2.24, 2.45) is 0 Å². The molecule has 33 heavy (non-hydrogen) atoms. The highest BCUT2D eigenvalue weighted by molar-refractivity contribution is 5.98. The summed E-state index contributed by atoms with van der Waals surface area (Å²) in [5.41, 5.74) is 6.18. The largest absolute Gasteiger partial charge is 0.490 e. The Balaban J connectivity index is 1.30. The number of amides is 2. The van der Waals surface area contributed by atoms with Gasteiger partial charge in [-0.25, -0.2) is 0 Å². The topological polar surface area (TPSA) is 76.7 Å². The summed E-state index contributed by atoms with van der Waals surface area (Å²) in [6.45, 7) is 0.606. The lowest BCUT2D eigenvalue weighted by Crippen LogP contribution is -2.42. The first-order chi connectivity index (χ1) is 16.2. The molecule has 0 unspecified atom stereocenters. The van der Waals surface area contributed by atoms with Gasteiger partial charge in [-0.15, -0.1) is 0 Å². The van der Waals surface area contributed by atoms with E-state index in [9.17, 15) is 9.59 Å². The standard InChI is InChI=1S/C27H24N2O4/c30-26(19-21-11-8-10-20-9-4-5-14-23(20)21)28-29-27(31)24-15-6-7-16-25(24)33-18-17-32-22-12-2-1-3-13-22/h1-16H,17-19H2,(H,28,30)(H,29,31). The summed E-state index contributed by atoms with van der Waals surface area (Å²) in [5.74, 6) is 0.395. The van der Waals surface area contributed by atoms with Gasteiger partial charge < -0.3 is 9.47 Å². The lowest BCUT2D eigenvalue weighted by molar-refractivity contribution is -0.121. The second-order valence-corrected chi connectivity index (χ2v) is 7.32. The molecule has 0 aliphatic rings. The van der Waals surface area contributed by atoms with Gasteiger partial charge >= 0.3 is 0 Å². The van der Waals surface area contributed by atoms with Crippen molar-refractivity contribution in [3.05, 3.63) is 108 Å². The average molecular weight is 440 g/mol. The number of hydrazine groups is 1. The zero-order valence-corrected chi connectivity index (χ0v) is 18.0. The maximum Gasteiger partial charge on any atom is 0.273 e. The fraction of sp³-hybridized carbons (Fsp3) is 0.111. The molecule has 4 aromatic rings. The minimum atomic E-state index is -0.458. The van der Waals surface area contributed by atoms with Crippen LogP contribution in [0.4, 0.5) is 0 Å². The molecule has 4 rings (SSSR count). The molecule has 166 valence electrons. The molecule has 0 saturated carbocycles. The van der Waals surface area contributed by atoms with E-state index in [0.717, 1.165) is 22.1 Å². The van der Waals surface area contributed by atoms with Crippen molar-refractivity contribution < 1.29 is 19.1 Å². The monoisotopic (exact) mass is 440 g/mol. The highest BCUT2D eigenvalue weighted by Gasteiger charge is 2.14. The summed E-state index contributed by atoms with van der Waals surface area (Å²) in [6.07, 6.45) is 0.149. The minimum Gasteiger partial charge on any atom is -0.490 e. The van der Waals surface area contributed by atoms with Crippen LogP contribution in [0.3, 0.4) is 0 Å². The molecule has 0 aliphatic heterocycles. The number of hydrogen-bond acceptors (Lipinski definition) is 4. The van der Waals surface area contributed by atoms with Crippen molar-refractivity contribution in [1.29, 1.82) is 0 Å². The average Bonchev–Trinajstić information content (AvgIpc) is 2.86. The molecule has 0 aromatic heterocycles. The SMILES string of the molecule is O=C(Cc1cccc2ccccc12)NNC(=O)c1ccccc1OCCOc1ccccc1. The molecule has 6 heteroatoms. The third kappa shape index (κ3) is 5.89. The molecule has 0 radical (unpaired) electrons. The van der Waals surface area contributed by atoms with Crippen LogP contribution in [0.25, 0.3) is 10.8 Å². The normalized spacial score (nSPS) is 10.4. The third-order valence-corrected chi connectivity index (χ3v) is 5.03. The second kappa shape index (κ2) is 10.8. The molecule has 0 spiro atoms. The van der Waals surface area contributed by atoms with Crippen molar-refractivity contribution >= 4 is 22.6 Å². The van der Waals surface area contributed by atoms with E-state index in [-0.39, 0.29) is 18.9 Å². The van der Waals surface area contributed by atoms with Gasteiger partial charge in [0, 0.05) is 0 Å². The number of carbonyl (C=O) groups is 2. The van der Waals surface area contributed by atoms with Crippen molar-refractivity contribution in [3.63, 3.8) is 0 Å². The number of rotatable bonds is 8. The van der Waals surface area contributed by atoms with E-state index in [0.29, 0.717) is 17.9 Å². The summed E-state index contributed by atoms with van der Waals surface area (Å²) in [7, 11) is 0. The lowest BCUT2D eigenvalue weighted by Gasteiger charge is -2.13. The summed E-state index contributed by atoms with van der Waals surface area (Å²) >= 11 is 0. The predicted octanol–water partition coefficient (Wildman–Crippen LogP) is 4.30. The summed E-state index contributed by atoms with van der Waals surface area (Å²) in [6, 6.07) is 30.0. The summed E-state index contributed by atoms with van der Waals surface area (Å²) in [5, 5.41) is 2.08. The Morgan fingerprint density at radius 1 is 0.667 bits per heavy atom. The maximum atomic E-state index is 12.7. The van der Waals surface area contributed by atoms with E-state index in [4.69, 9.17) is 9.47 Å². The molecule has 2 amide bonds. The van der Waals surface area contributed by atoms with Crippen molar-refractivity contribution in [3.8, 4) is 11.5 Å². The predicted molar refractivity (Wildman–Crippen MR) is 127 cm³/mol. The van der Waals surface area contributed by atoms with Crippen LogP contribution >= 0.6 is 0 Å². The van der Waals surface area contributed by atoms with Crippen LogP contribution in [0.2, 0.25) is 0 Å². The van der Waals surface area contributed by atoms with Gasteiger partial charge in [-0.3, -0.25) is 20.4 Å². The third-order valence-electron chi connectivity index (χ3n) is 5.03. The minimum absolute atomic E-state index is 0.149. The molecule has 4 aromatic carbocycles. The Labute approximate surface area is 192 Å². The zero-order valence-electron chi connectivity index (χ0n) is 18.0. The Morgan fingerprint density at radius 3 is 2.24 bits per heavy atom. The van der Waals surface area contributed by atoms with Gasteiger partial charge in [0.15, 0.2) is 0 Å². The van der Waals surface area contributed by atoms with Crippen LogP contribution in [0.15, 0.2) is 97.1 Å². The number of ether oxygens (including phenoxy) is 2. The van der Waals surface area contributed by atoms with Crippen LogP contribution in [0, 0.1) is 0 Å². The Hall–Kier alpha value is -4.32. The number of para-hydroxylation sites is 2. The highest BCUT2D eigenvalue weighted by atomic mass is 16.5. The molecule has 0 aliphatic carbocycles. The summed E-state index contributed by atoms with van der Waals surface area (Å²) in [4.78, 5) is 25.1. The van der Waals surface area contributed by atoms with E-state index >= 15 is 0 Å². The van der Waals surface area contributed by atoms with Gasteiger partial charge in [0.1, 0.15) is 24.7 Å². The second-order valence-electron chi connectivity index (χ2n) is 7.32. The van der Waals surface area contributed by atoms with Gasteiger partial charge in [-0.05, 0) is 40.6 Å². The molecular weight excluding hydrogens is 416 g/mol. The van der Waals surface area contributed by atoms with E-state index < -0.39 is 5.91 Å². The molecule has 2 N–H and O–H groups in total. The van der Waals surface area contributed by atoms with Crippen molar-refractivity contribution in [2.75, 3.05) is 13.2 Å². The first-order valence-electron chi connectivity index (χ1n) is 10.7. The smallest absolute Gasteiger partial charge is 0.273 e. The van der Waals surface area contributed by atoms with E-state index in [1.807, 2.05) is 72.8 Å². The van der Waals surface area contributed by atoms with Gasteiger partial charge in [0.25, 0.3) is 5.91 Å². The van der Waals surface area contributed by atoms with Crippen LogP contribution in [0.1, 0.15) is 15.9 Å². The number of hydrogen-bond donors (Lipinski definition) is 2. The fourth-order valence-electron chi connectivity index (χ4n) is 3.47. The van der Waals surface area contributed by atoms with Crippen LogP contribution in [0.5, 0.6) is 11.5 Å². The van der Waals surface area contributed by atoms with Crippen LogP contribution in [-0.2, 0) is 11.2 Å². The highest BCUT2D eigenvalue weighted by Crippen LogP contribution is 2.19. The fourth-order valence-corrected chi connectivity index (χ4v) is 3.47. The number of benzene rings is 4. The molecule has 0 bridgehead atoms. The lowest BCUT2D eigenvalue weighted by atomic mass is 10.0. The number of fused-ring (bicyclic) bond motifs is 1.